The third-order valence-electron chi connectivity index (χ3n) is 4.99. The van der Waals surface area contributed by atoms with E-state index in [-0.39, 0.29) is 18.1 Å². The molecule has 2 N–H and O–H groups in total. The number of halogens is 3. The molecule has 0 saturated heterocycles. The first-order chi connectivity index (χ1) is 15.2. The maximum atomic E-state index is 13.1. The lowest BCUT2D eigenvalue weighted by Crippen LogP contribution is -2.15. The molecule has 0 aliphatic carbocycles. The number of nitrogens with one attached hydrogen (secondary N) is 2. The lowest BCUT2D eigenvalue weighted by Gasteiger charge is -2.13. The molecule has 0 unspecified atom stereocenters. The summed E-state index contributed by atoms with van der Waals surface area (Å²) in [5, 5.41) is 5.64. The Labute approximate surface area is 182 Å². The van der Waals surface area contributed by atoms with Crippen LogP contribution in [0.15, 0.2) is 42.9 Å². The maximum Gasteiger partial charge on any atom is 0.416 e. The van der Waals surface area contributed by atoms with Gasteiger partial charge in [-0.2, -0.15) is 13.2 Å². The van der Waals surface area contributed by atoms with Crippen molar-refractivity contribution in [1.82, 2.24) is 19.9 Å². The van der Waals surface area contributed by atoms with Crippen molar-refractivity contribution < 1.29 is 18.0 Å². The molecule has 0 bridgehead atoms. The molecule has 2 aromatic heterocycles. The van der Waals surface area contributed by atoms with Crippen molar-refractivity contribution in [3.63, 3.8) is 0 Å². The molecular weight excluding hydrogens is 421 g/mol. The van der Waals surface area contributed by atoms with Crippen LogP contribution < -0.4 is 10.6 Å². The van der Waals surface area contributed by atoms with Gasteiger partial charge >= 0.3 is 6.18 Å². The fourth-order valence-corrected chi connectivity index (χ4v) is 3.40. The fourth-order valence-electron chi connectivity index (χ4n) is 3.40. The predicted molar refractivity (Wildman–Crippen MR) is 115 cm³/mol. The van der Waals surface area contributed by atoms with Gasteiger partial charge in [-0.3, -0.25) is 9.78 Å². The van der Waals surface area contributed by atoms with E-state index < -0.39 is 17.6 Å². The Kier molecular flexibility index (Phi) is 5.79. The summed E-state index contributed by atoms with van der Waals surface area (Å²) in [6.45, 7) is 0.873. The molecule has 3 heterocycles. The number of anilines is 3. The summed E-state index contributed by atoms with van der Waals surface area (Å²) in [7, 11) is 3.99. The number of amides is 1. The smallest absolute Gasteiger partial charge is 0.325 e. The number of likely N-dealkylation sites (N-methyl/N-ethyl adjacent to an activating group) is 1. The SMILES string of the molecule is CN(C)CCc1cncc(Nc2ncc3c(n2)-c2ccc(C(F)(F)F)cc2NC(=O)C3)c1. The summed E-state index contributed by atoms with van der Waals surface area (Å²) in [6.07, 6.45) is 1.22. The maximum absolute atomic E-state index is 13.1. The first-order valence-corrected chi connectivity index (χ1v) is 9.92. The van der Waals surface area contributed by atoms with Crippen molar-refractivity contribution in [2.45, 2.75) is 19.0 Å². The molecule has 1 aliphatic heterocycles. The average molecular weight is 442 g/mol. The van der Waals surface area contributed by atoms with Gasteiger partial charge in [-0.15, -0.1) is 0 Å². The summed E-state index contributed by atoms with van der Waals surface area (Å²) >= 11 is 0. The summed E-state index contributed by atoms with van der Waals surface area (Å²) < 4.78 is 39.4. The number of fused-ring (bicyclic) bond motifs is 3. The molecule has 10 heteroatoms. The van der Waals surface area contributed by atoms with Gasteiger partial charge in [0.1, 0.15) is 0 Å². The number of benzene rings is 1. The van der Waals surface area contributed by atoms with Gasteiger partial charge in [0.15, 0.2) is 0 Å². The Morgan fingerprint density at radius 3 is 2.72 bits per heavy atom. The van der Waals surface area contributed by atoms with Crippen LogP contribution in [-0.4, -0.2) is 46.4 Å². The number of hydrogen-bond acceptors (Lipinski definition) is 6. The van der Waals surface area contributed by atoms with Crippen LogP contribution in [0.5, 0.6) is 0 Å². The molecule has 32 heavy (non-hydrogen) atoms. The number of rotatable bonds is 5. The summed E-state index contributed by atoms with van der Waals surface area (Å²) in [4.78, 5) is 27.3. The Morgan fingerprint density at radius 1 is 1.16 bits per heavy atom. The van der Waals surface area contributed by atoms with E-state index in [1.807, 2.05) is 20.2 Å². The minimum atomic E-state index is -4.52. The molecule has 4 rings (SSSR count). The monoisotopic (exact) mass is 442 g/mol. The van der Waals surface area contributed by atoms with Crippen molar-refractivity contribution in [3.05, 3.63) is 59.5 Å². The Bertz CT molecular complexity index is 1160. The van der Waals surface area contributed by atoms with Crippen LogP contribution >= 0.6 is 0 Å². The highest BCUT2D eigenvalue weighted by Gasteiger charge is 2.32. The zero-order valence-corrected chi connectivity index (χ0v) is 17.5. The third-order valence-corrected chi connectivity index (χ3v) is 4.99. The van der Waals surface area contributed by atoms with E-state index in [9.17, 15) is 18.0 Å². The van der Waals surface area contributed by atoms with E-state index >= 15 is 0 Å². The van der Waals surface area contributed by atoms with Crippen molar-refractivity contribution in [3.8, 4) is 11.3 Å². The van der Waals surface area contributed by atoms with Crippen molar-refractivity contribution in [2.24, 2.45) is 0 Å². The summed E-state index contributed by atoms with van der Waals surface area (Å²) in [5.41, 5.74) is 2.30. The van der Waals surface area contributed by atoms with Crippen LogP contribution in [0.2, 0.25) is 0 Å². The van der Waals surface area contributed by atoms with Gasteiger partial charge < -0.3 is 15.5 Å². The second-order valence-electron chi connectivity index (χ2n) is 7.81. The van der Waals surface area contributed by atoms with Gasteiger partial charge in [-0.25, -0.2) is 9.97 Å². The highest BCUT2D eigenvalue weighted by Crippen LogP contribution is 2.38. The molecule has 0 atom stereocenters. The molecule has 0 fully saturated rings. The van der Waals surface area contributed by atoms with Crippen LogP contribution in [0.4, 0.5) is 30.5 Å². The minimum Gasteiger partial charge on any atom is -0.325 e. The zero-order valence-electron chi connectivity index (χ0n) is 17.5. The normalized spacial score (nSPS) is 13.2. The van der Waals surface area contributed by atoms with Gasteiger partial charge in [0.05, 0.1) is 35.2 Å². The first kappa shape index (κ1) is 21.7. The van der Waals surface area contributed by atoms with E-state index in [1.54, 1.807) is 12.4 Å². The standard InChI is InChI=1S/C22H21F3N6O/c1-31(2)6-5-13-7-16(12-26-10-13)28-21-27-11-14-8-19(32)29-18-9-15(22(23,24)25)3-4-17(18)20(14)30-21/h3-4,7,9-12H,5-6,8H2,1-2H3,(H,29,32)(H,27,28,30). The molecule has 0 saturated carbocycles. The van der Waals surface area contributed by atoms with Crippen LogP contribution in [0.3, 0.4) is 0 Å². The quantitative estimate of drug-likeness (QED) is 0.624. The molecule has 1 aromatic carbocycles. The van der Waals surface area contributed by atoms with E-state index in [0.717, 1.165) is 30.7 Å². The van der Waals surface area contributed by atoms with E-state index in [2.05, 4.69) is 30.5 Å². The van der Waals surface area contributed by atoms with Crippen LogP contribution in [0.1, 0.15) is 16.7 Å². The number of hydrogen-bond donors (Lipinski definition) is 2. The number of nitrogens with zero attached hydrogens (tertiary/aromatic N) is 4. The van der Waals surface area contributed by atoms with Crippen LogP contribution in [-0.2, 0) is 23.8 Å². The molecular formula is C22H21F3N6O. The van der Waals surface area contributed by atoms with Gasteiger partial charge in [0.25, 0.3) is 0 Å². The van der Waals surface area contributed by atoms with Gasteiger partial charge in [-0.05, 0) is 44.3 Å². The third kappa shape index (κ3) is 4.86. The minimum absolute atomic E-state index is 0.0345. The predicted octanol–water partition coefficient (Wildman–Crippen LogP) is 3.90. The second kappa shape index (κ2) is 8.54. The van der Waals surface area contributed by atoms with Crippen molar-refractivity contribution in [1.29, 1.82) is 0 Å². The lowest BCUT2D eigenvalue weighted by molar-refractivity contribution is -0.137. The lowest BCUT2D eigenvalue weighted by atomic mass is 10.0. The van der Waals surface area contributed by atoms with Gasteiger partial charge in [-0.1, -0.05) is 6.07 Å². The number of pyridine rings is 1. The Balaban J connectivity index is 1.67. The van der Waals surface area contributed by atoms with Crippen LogP contribution in [0.25, 0.3) is 11.3 Å². The zero-order chi connectivity index (χ0) is 22.9. The fraction of sp³-hybridized carbons (Fsp3) is 0.273. The van der Waals surface area contributed by atoms with Gasteiger partial charge in [0.2, 0.25) is 11.9 Å². The Hall–Kier alpha value is -3.53. The number of carbonyl (C=O) groups excluding carboxylic acids is 1. The first-order valence-electron chi connectivity index (χ1n) is 9.92. The number of alkyl halides is 3. The molecule has 3 aromatic rings. The topological polar surface area (TPSA) is 83.0 Å². The van der Waals surface area contributed by atoms with Crippen molar-refractivity contribution >= 4 is 23.2 Å². The Morgan fingerprint density at radius 2 is 1.97 bits per heavy atom. The van der Waals surface area contributed by atoms with E-state index in [4.69, 9.17) is 0 Å². The molecule has 0 radical (unpaired) electrons. The van der Waals surface area contributed by atoms with Crippen LogP contribution in [0, 0.1) is 0 Å². The second-order valence-corrected chi connectivity index (χ2v) is 7.81. The molecule has 1 amide bonds. The number of aromatic nitrogens is 3. The molecule has 7 nitrogen and oxygen atoms in total. The highest BCUT2D eigenvalue weighted by atomic mass is 19.4. The molecule has 166 valence electrons. The van der Waals surface area contributed by atoms with Crippen molar-refractivity contribution in [2.75, 3.05) is 31.3 Å². The molecule has 0 spiro atoms. The van der Waals surface area contributed by atoms with Gasteiger partial charge in [0, 0.05) is 30.1 Å². The highest BCUT2D eigenvalue weighted by molar-refractivity contribution is 6.00. The average Bonchev–Trinajstić information content (AvgIpc) is 2.86. The summed E-state index contributed by atoms with van der Waals surface area (Å²) in [5.74, 6) is -0.165. The number of carbonyl (C=O) groups is 1. The molecule has 1 aliphatic rings. The van der Waals surface area contributed by atoms with E-state index in [1.165, 1.54) is 12.3 Å². The summed E-state index contributed by atoms with van der Waals surface area (Å²) in [6, 6.07) is 5.17. The van der Waals surface area contributed by atoms with E-state index in [0.29, 0.717) is 22.5 Å². The largest absolute Gasteiger partial charge is 0.416 e.